The molecule has 0 spiro atoms. The van der Waals surface area contributed by atoms with Crippen LogP contribution >= 0.6 is 35.0 Å². The first-order valence-corrected chi connectivity index (χ1v) is 14.2. The Balaban J connectivity index is 1.59. The molecular weight excluding hydrogens is 523 g/mol. The Morgan fingerprint density at radius 2 is 1.86 bits per heavy atom. The minimum absolute atomic E-state index is 0.0565. The number of amides is 3. The smallest absolute Gasteiger partial charge is 0.239 e. The molecule has 0 bridgehead atoms. The zero-order chi connectivity index (χ0) is 26.1. The van der Waals surface area contributed by atoms with E-state index in [0.717, 1.165) is 45.7 Å². The van der Waals surface area contributed by atoms with Gasteiger partial charge in [-0.2, -0.15) is 0 Å². The molecule has 36 heavy (non-hydrogen) atoms. The number of hydrogen-bond donors (Lipinski definition) is 2. The molecule has 2 heterocycles. The van der Waals surface area contributed by atoms with Crippen molar-refractivity contribution in [3.05, 3.63) is 33.8 Å². The van der Waals surface area contributed by atoms with Crippen LogP contribution in [0.5, 0.6) is 0 Å². The average Bonchev–Trinajstić information content (AvgIpc) is 3.12. The van der Waals surface area contributed by atoms with E-state index in [2.05, 4.69) is 29.4 Å². The second-order valence-electron chi connectivity index (χ2n) is 9.50. The van der Waals surface area contributed by atoms with E-state index in [4.69, 9.17) is 27.9 Å². The first-order valence-electron chi connectivity index (χ1n) is 12.5. The number of benzene rings is 1. The lowest BCUT2D eigenvalue weighted by Crippen LogP contribution is -2.42. The highest BCUT2D eigenvalue weighted by molar-refractivity contribution is 8.01. The Bertz CT molecular complexity index is 914. The fourth-order valence-corrected chi connectivity index (χ4v) is 6.20. The molecule has 1 aromatic carbocycles. The van der Waals surface area contributed by atoms with Crippen molar-refractivity contribution in [1.29, 1.82) is 0 Å². The van der Waals surface area contributed by atoms with Crippen LogP contribution in [0.3, 0.4) is 0 Å². The quantitative estimate of drug-likeness (QED) is 0.382. The maximum absolute atomic E-state index is 13.3. The van der Waals surface area contributed by atoms with Crippen LogP contribution in [0.4, 0.5) is 0 Å². The summed E-state index contributed by atoms with van der Waals surface area (Å²) in [6, 6.07) is 5.11. The molecule has 0 saturated carbocycles. The van der Waals surface area contributed by atoms with Gasteiger partial charge in [0.1, 0.15) is 11.9 Å². The van der Waals surface area contributed by atoms with Crippen LogP contribution in [-0.2, 0) is 19.1 Å². The molecule has 8 nitrogen and oxygen atoms in total. The van der Waals surface area contributed by atoms with Crippen LogP contribution in [0.15, 0.2) is 18.2 Å². The number of thioether (sulfide) groups is 1. The number of carbonyl (C=O) groups is 3. The third-order valence-electron chi connectivity index (χ3n) is 6.17. The molecule has 2 atom stereocenters. The van der Waals surface area contributed by atoms with E-state index in [1.807, 2.05) is 0 Å². The van der Waals surface area contributed by atoms with E-state index in [-0.39, 0.29) is 30.7 Å². The third-order valence-corrected chi connectivity index (χ3v) is 8.19. The van der Waals surface area contributed by atoms with Crippen LogP contribution in [0.1, 0.15) is 44.0 Å². The van der Waals surface area contributed by atoms with Crippen LogP contribution < -0.4 is 10.6 Å². The third kappa shape index (κ3) is 8.80. The van der Waals surface area contributed by atoms with E-state index in [9.17, 15) is 14.4 Å². The molecule has 2 aliphatic heterocycles. The molecule has 2 saturated heterocycles. The van der Waals surface area contributed by atoms with Crippen molar-refractivity contribution in [3.63, 3.8) is 0 Å². The molecule has 3 rings (SSSR count). The minimum atomic E-state index is -0.588. The van der Waals surface area contributed by atoms with Gasteiger partial charge in [-0.1, -0.05) is 43.1 Å². The summed E-state index contributed by atoms with van der Waals surface area (Å²) < 4.78 is 5.36. The Hall–Kier alpha value is -1.52. The molecule has 2 fully saturated rings. The lowest BCUT2D eigenvalue weighted by Gasteiger charge is -2.26. The average molecular weight is 560 g/mol. The maximum Gasteiger partial charge on any atom is 0.239 e. The predicted molar refractivity (Wildman–Crippen MR) is 144 cm³/mol. The van der Waals surface area contributed by atoms with Gasteiger partial charge in [-0.15, -0.1) is 11.8 Å². The van der Waals surface area contributed by atoms with Gasteiger partial charge >= 0.3 is 0 Å². The first-order chi connectivity index (χ1) is 17.2. The van der Waals surface area contributed by atoms with Crippen molar-refractivity contribution >= 4 is 52.7 Å². The topological polar surface area (TPSA) is 91.0 Å². The molecule has 1 aromatic rings. The van der Waals surface area contributed by atoms with Crippen molar-refractivity contribution in [2.45, 2.75) is 43.7 Å². The van der Waals surface area contributed by atoms with Crippen molar-refractivity contribution in [1.82, 2.24) is 20.4 Å². The Kier molecular flexibility index (Phi) is 11.6. The summed E-state index contributed by atoms with van der Waals surface area (Å²) in [5, 5.41) is 5.67. The lowest BCUT2D eigenvalue weighted by molar-refractivity contribution is -0.136. The molecule has 0 radical (unpaired) electrons. The van der Waals surface area contributed by atoms with Crippen molar-refractivity contribution in [3.8, 4) is 0 Å². The van der Waals surface area contributed by atoms with Gasteiger partial charge in [0.05, 0.1) is 18.5 Å². The normalized spacial score (nSPS) is 20.7. The summed E-state index contributed by atoms with van der Waals surface area (Å²) in [6.07, 6.45) is 1.75. The monoisotopic (exact) mass is 558 g/mol. The lowest BCUT2D eigenvalue weighted by atomic mass is 10.1. The van der Waals surface area contributed by atoms with Gasteiger partial charge in [0, 0.05) is 48.2 Å². The largest absolute Gasteiger partial charge is 0.379 e. The number of halogens is 2. The number of hydrogen-bond acceptors (Lipinski definition) is 6. The standard InChI is InChI=1S/C25H36Cl2N4O4S/c1-17(2)6-8-29-22(32)15-21-24(34)31(25(36-21)19-5-4-18(26)14-20(19)27)16-23(33)28-7-3-9-30-10-12-35-13-11-30/h4-5,14,17,21,25H,3,6-13,15-16H2,1-2H3,(H,28,33)(H,29,32)/t21-,25-/m1/s1. The summed E-state index contributed by atoms with van der Waals surface area (Å²) >= 11 is 13.9. The number of morpholine rings is 1. The summed E-state index contributed by atoms with van der Waals surface area (Å²) in [5.74, 6) is -0.162. The number of ether oxygens (including phenoxy) is 1. The molecule has 0 aliphatic carbocycles. The molecule has 11 heteroatoms. The number of rotatable bonds is 12. The van der Waals surface area contributed by atoms with Gasteiger partial charge in [0.25, 0.3) is 0 Å². The van der Waals surface area contributed by atoms with Crippen LogP contribution in [0.2, 0.25) is 10.0 Å². The highest BCUT2D eigenvalue weighted by Crippen LogP contribution is 2.46. The van der Waals surface area contributed by atoms with Gasteiger partial charge in [-0.25, -0.2) is 0 Å². The molecule has 2 aliphatic rings. The molecule has 0 unspecified atom stereocenters. The second-order valence-corrected chi connectivity index (χ2v) is 11.6. The molecule has 2 N–H and O–H groups in total. The number of nitrogens with zero attached hydrogens (tertiary/aromatic N) is 2. The molecule has 200 valence electrons. The van der Waals surface area contributed by atoms with E-state index >= 15 is 0 Å². The predicted octanol–water partition coefficient (Wildman–Crippen LogP) is 3.33. The minimum Gasteiger partial charge on any atom is -0.379 e. The molecule has 0 aromatic heterocycles. The zero-order valence-electron chi connectivity index (χ0n) is 20.9. The molecular formula is C25H36Cl2N4O4S. The zero-order valence-corrected chi connectivity index (χ0v) is 23.3. The summed E-state index contributed by atoms with van der Waals surface area (Å²) in [4.78, 5) is 42.4. The van der Waals surface area contributed by atoms with E-state index in [1.54, 1.807) is 18.2 Å². The summed E-state index contributed by atoms with van der Waals surface area (Å²) in [6.45, 7) is 9.37. The Labute approximate surface area is 227 Å². The first kappa shape index (κ1) is 29.0. The van der Waals surface area contributed by atoms with E-state index in [1.165, 1.54) is 16.7 Å². The maximum atomic E-state index is 13.3. The van der Waals surface area contributed by atoms with Crippen LogP contribution in [0.25, 0.3) is 0 Å². The highest BCUT2D eigenvalue weighted by atomic mass is 35.5. The highest BCUT2D eigenvalue weighted by Gasteiger charge is 2.43. The van der Waals surface area contributed by atoms with Crippen molar-refractivity contribution in [2.24, 2.45) is 5.92 Å². The van der Waals surface area contributed by atoms with Crippen molar-refractivity contribution in [2.75, 3.05) is 52.5 Å². The Morgan fingerprint density at radius 3 is 2.56 bits per heavy atom. The molecule has 3 amide bonds. The summed E-state index contributed by atoms with van der Waals surface area (Å²) in [7, 11) is 0. The van der Waals surface area contributed by atoms with Crippen LogP contribution in [0, 0.1) is 5.92 Å². The van der Waals surface area contributed by atoms with Crippen LogP contribution in [-0.4, -0.2) is 85.3 Å². The van der Waals surface area contributed by atoms with Gasteiger partial charge in [0.2, 0.25) is 17.7 Å². The van der Waals surface area contributed by atoms with Gasteiger partial charge in [0.15, 0.2) is 0 Å². The SMILES string of the molecule is CC(C)CCNC(=O)C[C@H]1S[C@H](c2ccc(Cl)cc2Cl)N(CC(=O)NCCCN2CCOCC2)C1=O. The van der Waals surface area contributed by atoms with Gasteiger partial charge in [-0.3, -0.25) is 19.3 Å². The van der Waals surface area contributed by atoms with E-state index < -0.39 is 10.6 Å². The number of carbonyl (C=O) groups excluding carboxylic acids is 3. The van der Waals surface area contributed by atoms with Crippen molar-refractivity contribution < 1.29 is 19.1 Å². The van der Waals surface area contributed by atoms with Gasteiger partial charge in [-0.05, 0) is 37.4 Å². The fraction of sp³-hybridized carbons (Fsp3) is 0.640. The Morgan fingerprint density at radius 1 is 1.14 bits per heavy atom. The van der Waals surface area contributed by atoms with E-state index in [0.29, 0.717) is 34.6 Å². The van der Waals surface area contributed by atoms with Gasteiger partial charge < -0.3 is 20.3 Å². The fourth-order valence-electron chi connectivity index (χ4n) is 4.13. The second kappa shape index (κ2) is 14.4. The number of nitrogens with one attached hydrogen (secondary N) is 2. The summed E-state index contributed by atoms with van der Waals surface area (Å²) in [5.41, 5.74) is 0.697.